The number of hydrogen-bond donors (Lipinski definition) is 2. The van der Waals surface area contributed by atoms with Crippen molar-refractivity contribution in [2.45, 2.75) is 18.7 Å². The van der Waals surface area contributed by atoms with Crippen LogP contribution >= 0.6 is 15.9 Å². The summed E-state index contributed by atoms with van der Waals surface area (Å²) in [5.41, 5.74) is 0.0502. The summed E-state index contributed by atoms with van der Waals surface area (Å²) in [5.74, 6) is -0.262. The minimum atomic E-state index is -4.67. The third-order valence-corrected chi connectivity index (χ3v) is 2.33. The molecule has 1 aromatic carbocycles. The maximum absolute atomic E-state index is 12.0. The standard InChI is InChI=1S/C9H8BrF3O2/c10-6-1-2-7(14)5(3-6)4-8(15)9(11,12)13/h1-3,8,14-15H,4H2. The Morgan fingerprint density at radius 1 is 1.33 bits per heavy atom. The van der Waals surface area contributed by atoms with Crippen LogP contribution in [-0.2, 0) is 6.42 Å². The molecule has 84 valence electrons. The fraction of sp³-hybridized carbons (Fsp3) is 0.333. The van der Waals surface area contributed by atoms with Crippen LogP contribution in [0.2, 0.25) is 0 Å². The van der Waals surface area contributed by atoms with Crippen LogP contribution in [0.3, 0.4) is 0 Å². The Balaban J connectivity index is 2.85. The van der Waals surface area contributed by atoms with Crippen LogP contribution in [0.5, 0.6) is 5.75 Å². The SMILES string of the molecule is Oc1ccc(Br)cc1CC(O)C(F)(F)F. The van der Waals surface area contributed by atoms with Crippen molar-refractivity contribution < 1.29 is 23.4 Å². The van der Waals surface area contributed by atoms with E-state index in [-0.39, 0.29) is 11.3 Å². The molecule has 1 aromatic rings. The fourth-order valence-electron chi connectivity index (χ4n) is 1.04. The number of rotatable bonds is 2. The van der Waals surface area contributed by atoms with Crippen molar-refractivity contribution in [3.05, 3.63) is 28.2 Å². The molecule has 0 saturated carbocycles. The number of benzene rings is 1. The number of halogens is 4. The molecule has 0 aromatic heterocycles. The zero-order valence-electron chi connectivity index (χ0n) is 7.42. The highest BCUT2D eigenvalue weighted by Gasteiger charge is 2.38. The predicted octanol–water partition coefficient (Wildman–Crippen LogP) is 2.62. The molecule has 0 heterocycles. The first-order valence-electron chi connectivity index (χ1n) is 4.03. The van der Waals surface area contributed by atoms with Crippen LogP contribution in [0.1, 0.15) is 5.56 Å². The summed E-state index contributed by atoms with van der Waals surface area (Å²) in [6.45, 7) is 0. The molecule has 6 heteroatoms. The van der Waals surface area contributed by atoms with Gasteiger partial charge in [-0.1, -0.05) is 15.9 Å². The van der Waals surface area contributed by atoms with Gasteiger partial charge in [-0.2, -0.15) is 13.2 Å². The summed E-state index contributed by atoms with van der Waals surface area (Å²) in [5, 5.41) is 18.1. The Labute approximate surface area is 92.5 Å². The molecule has 2 nitrogen and oxygen atoms in total. The van der Waals surface area contributed by atoms with Crippen LogP contribution in [0.25, 0.3) is 0 Å². The van der Waals surface area contributed by atoms with E-state index in [1.165, 1.54) is 18.2 Å². The second-order valence-corrected chi connectivity index (χ2v) is 3.95. The second kappa shape index (κ2) is 4.40. The molecular weight excluding hydrogens is 277 g/mol. The van der Waals surface area contributed by atoms with E-state index in [0.717, 1.165) is 0 Å². The van der Waals surface area contributed by atoms with Gasteiger partial charge in [-0.3, -0.25) is 0 Å². The van der Waals surface area contributed by atoms with Gasteiger partial charge in [-0.05, 0) is 23.8 Å². The molecule has 1 atom stereocenters. The number of aliphatic hydroxyl groups excluding tert-OH is 1. The number of aliphatic hydroxyl groups is 1. The van der Waals surface area contributed by atoms with E-state index in [1.54, 1.807) is 0 Å². The van der Waals surface area contributed by atoms with Gasteiger partial charge in [-0.25, -0.2) is 0 Å². The van der Waals surface area contributed by atoms with Crippen molar-refractivity contribution >= 4 is 15.9 Å². The lowest BCUT2D eigenvalue weighted by Crippen LogP contribution is -2.30. The van der Waals surface area contributed by atoms with E-state index >= 15 is 0 Å². The first kappa shape index (κ1) is 12.3. The maximum Gasteiger partial charge on any atom is 0.414 e. The van der Waals surface area contributed by atoms with Gasteiger partial charge >= 0.3 is 6.18 Å². The Morgan fingerprint density at radius 3 is 2.47 bits per heavy atom. The van der Waals surface area contributed by atoms with E-state index < -0.39 is 18.7 Å². The van der Waals surface area contributed by atoms with Gasteiger partial charge in [-0.15, -0.1) is 0 Å². The minimum Gasteiger partial charge on any atom is -0.508 e. The van der Waals surface area contributed by atoms with Crippen LogP contribution in [0.4, 0.5) is 13.2 Å². The molecule has 1 unspecified atom stereocenters. The molecule has 0 amide bonds. The zero-order chi connectivity index (χ0) is 11.6. The lowest BCUT2D eigenvalue weighted by molar-refractivity contribution is -0.203. The number of alkyl halides is 3. The number of phenolic OH excluding ortho intramolecular Hbond substituents is 1. The smallest absolute Gasteiger partial charge is 0.414 e. The molecule has 0 saturated heterocycles. The average molecular weight is 285 g/mol. The normalized spacial score (nSPS) is 13.9. The summed E-state index contributed by atoms with van der Waals surface area (Å²) in [6, 6.07) is 4.10. The summed E-state index contributed by atoms with van der Waals surface area (Å²) >= 11 is 3.06. The molecular formula is C9H8BrF3O2. The van der Waals surface area contributed by atoms with Gasteiger partial charge < -0.3 is 10.2 Å². The zero-order valence-corrected chi connectivity index (χ0v) is 9.01. The van der Waals surface area contributed by atoms with Crippen molar-refractivity contribution in [2.75, 3.05) is 0 Å². The summed E-state index contributed by atoms with van der Waals surface area (Å²) in [7, 11) is 0. The molecule has 2 N–H and O–H groups in total. The molecule has 0 bridgehead atoms. The first-order chi connectivity index (χ1) is 6.80. The molecule has 15 heavy (non-hydrogen) atoms. The van der Waals surface area contributed by atoms with E-state index in [1.807, 2.05) is 0 Å². The van der Waals surface area contributed by atoms with Crippen LogP contribution in [0, 0.1) is 0 Å². The van der Waals surface area contributed by atoms with Crippen LogP contribution < -0.4 is 0 Å². The molecule has 0 aliphatic carbocycles. The average Bonchev–Trinajstić information content (AvgIpc) is 2.09. The summed E-state index contributed by atoms with van der Waals surface area (Å²) in [6.07, 6.45) is -7.79. The third-order valence-electron chi connectivity index (χ3n) is 1.83. The van der Waals surface area contributed by atoms with Gasteiger partial charge in [0.1, 0.15) is 5.75 Å². The Hall–Kier alpha value is -0.750. The highest BCUT2D eigenvalue weighted by molar-refractivity contribution is 9.10. The molecule has 0 aliphatic heterocycles. The molecule has 0 aliphatic rings. The number of phenols is 1. The van der Waals surface area contributed by atoms with E-state index in [4.69, 9.17) is 5.11 Å². The van der Waals surface area contributed by atoms with Crippen LogP contribution in [0.15, 0.2) is 22.7 Å². The third kappa shape index (κ3) is 3.39. The highest BCUT2D eigenvalue weighted by Crippen LogP contribution is 2.28. The molecule has 0 radical (unpaired) electrons. The van der Waals surface area contributed by atoms with Crippen molar-refractivity contribution in [3.8, 4) is 5.75 Å². The molecule has 0 fully saturated rings. The lowest BCUT2D eigenvalue weighted by Gasteiger charge is -2.15. The Bertz CT molecular complexity index is 352. The number of aromatic hydroxyl groups is 1. The maximum atomic E-state index is 12.0. The molecule has 1 rings (SSSR count). The van der Waals surface area contributed by atoms with Gasteiger partial charge in [0.25, 0.3) is 0 Å². The Kier molecular flexibility index (Phi) is 3.62. The Morgan fingerprint density at radius 2 is 1.93 bits per heavy atom. The second-order valence-electron chi connectivity index (χ2n) is 3.03. The fourth-order valence-corrected chi connectivity index (χ4v) is 1.45. The van der Waals surface area contributed by atoms with Crippen molar-refractivity contribution in [2.24, 2.45) is 0 Å². The van der Waals surface area contributed by atoms with Crippen LogP contribution in [-0.4, -0.2) is 22.5 Å². The minimum absolute atomic E-state index is 0.0502. The van der Waals surface area contributed by atoms with Crippen molar-refractivity contribution in [1.82, 2.24) is 0 Å². The summed E-state index contributed by atoms with van der Waals surface area (Å²) in [4.78, 5) is 0. The van der Waals surface area contributed by atoms with Crippen molar-refractivity contribution in [3.63, 3.8) is 0 Å². The largest absolute Gasteiger partial charge is 0.508 e. The topological polar surface area (TPSA) is 40.5 Å². The lowest BCUT2D eigenvalue weighted by atomic mass is 10.1. The van der Waals surface area contributed by atoms with Gasteiger partial charge in [0.15, 0.2) is 6.10 Å². The summed E-state index contributed by atoms with van der Waals surface area (Å²) < 4.78 is 36.6. The predicted molar refractivity (Wildman–Crippen MR) is 51.6 cm³/mol. The molecule has 0 spiro atoms. The van der Waals surface area contributed by atoms with Gasteiger partial charge in [0.05, 0.1) is 0 Å². The van der Waals surface area contributed by atoms with E-state index in [9.17, 15) is 18.3 Å². The number of hydrogen-bond acceptors (Lipinski definition) is 2. The van der Waals surface area contributed by atoms with Gasteiger partial charge in [0, 0.05) is 10.9 Å². The quantitative estimate of drug-likeness (QED) is 0.877. The van der Waals surface area contributed by atoms with E-state index in [0.29, 0.717) is 4.47 Å². The van der Waals surface area contributed by atoms with Gasteiger partial charge in [0.2, 0.25) is 0 Å². The van der Waals surface area contributed by atoms with E-state index in [2.05, 4.69) is 15.9 Å². The van der Waals surface area contributed by atoms with Crippen molar-refractivity contribution in [1.29, 1.82) is 0 Å². The monoisotopic (exact) mass is 284 g/mol. The first-order valence-corrected chi connectivity index (χ1v) is 4.82. The highest BCUT2D eigenvalue weighted by atomic mass is 79.9.